The van der Waals surface area contributed by atoms with Gasteiger partial charge in [-0.1, -0.05) is 20.8 Å². The predicted octanol–water partition coefficient (Wildman–Crippen LogP) is 2.71. The fraction of sp³-hybridized carbons (Fsp3) is 1.00. The molecule has 1 spiro atoms. The van der Waals surface area contributed by atoms with E-state index in [9.17, 15) is 0 Å². The second-order valence-electron chi connectivity index (χ2n) is 6.45. The van der Waals surface area contributed by atoms with Crippen molar-refractivity contribution in [1.29, 1.82) is 0 Å². The van der Waals surface area contributed by atoms with Crippen LogP contribution in [0.15, 0.2) is 0 Å². The molecule has 1 aliphatic carbocycles. The first kappa shape index (κ1) is 11.4. The van der Waals surface area contributed by atoms with Gasteiger partial charge in [-0.3, -0.25) is 0 Å². The Labute approximate surface area is 93.6 Å². The highest BCUT2D eigenvalue weighted by Crippen LogP contribution is 2.45. The maximum absolute atomic E-state index is 6.17. The highest BCUT2D eigenvalue weighted by molar-refractivity contribution is 5.00. The molecule has 0 aromatic rings. The topological polar surface area (TPSA) is 35.2 Å². The number of nitrogens with two attached hydrogens (primary N) is 1. The van der Waals surface area contributed by atoms with Crippen molar-refractivity contribution < 1.29 is 4.74 Å². The van der Waals surface area contributed by atoms with Crippen LogP contribution in [0.1, 0.15) is 52.9 Å². The Kier molecular flexibility index (Phi) is 2.85. The summed E-state index contributed by atoms with van der Waals surface area (Å²) < 4.78 is 5.93. The first-order chi connectivity index (χ1) is 6.94. The van der Waals surface area contributed by atoms with Crippen LogP contribution in [0, 0.1) is 11.3 Å². The summed E-state index contributed by atoms with van der Waals surface area (Å²) in [7, 11) is 0. The molecule has 2 fully saturated rings. The number of hydrogen-bond donors (Lipinski definition) is 1. The summed E-state index contributed by atoms with van der Waals surface area (Å²) in [5.74, 6) is 0.847. The molecule has 1 saturated heterocycles. The van der Waals surface area contributed by atoms with E-state index >= 15 is 0 Å². The van der Waals surface area contributed by atoms with Crippen LogP contribution in [-0.2, 0) is 4.74 Å². The SMILES string of the molecule is CC(C)(C)C1CCC2(CC1)OCCC2N. The molecule has 2 rings (SSSR count). The molecule has 0 amide bonds. The van der Waals surface area contributed by atoms with E-state index in [1.165, 1.54) is 25.7 Å². The maximum atomic E-state index is 6.17. The van der Waals surface area contributed by atoms with Crippen molar-refractivity contribution in [3.05, 3.63) is 0 Å². The Balaban J connectivity index is 1.97. The Morgan fingerprint density at radius 2 is 1.73 bits per heavy atom. The summed E-state index contributed by atoms with van der Waals surface area (Å²) in [6, 6.07) is 0.290. The standard InChI is InChI=1S/C13H25NO/c1-12(2,3)10-4-7-13(8-5-10)11(14)6-9-15-13/h10-11H,4-9,14H2,1-3H3. The Morgan fingerprint density at radius 1 is 1.13 bits per heavy atom. The maximum Gasteiger partial charge on any atom is 0.0833 e. The molecule has 0 aromatic carbocycles. The first-order valence-corrected chi connectivity index (χ1v) is 6.34. The van der Waals surface area contributed by atoms with Gasteiger partial charge >= 0.3 is 0 Å². The van der Waals surface area contributed by atoms with Gasteiger partial charge in [0.15, 0.2) is 0 Å². The van der Waals surface area contributed by atoms with Gasteiger partial charge in [-0.25, -0.2) is 0 Å². The minimum Gasteiger partial charge on any atom is -0.373 e. The molecular formula is C13H25NO. The first-order valence-electron chi connectivity index (χ1n) is 6.34. The lowest BCUT2D eigenvalue weighted by Crippen LogP contribution is -2.48. The highest BCUT2D eigenvalue weighted by atomic mass is 16.5. The van der Waals surface area contributed by atoms with Gasteiger partial charge in [-0.15, -0.1) is 0 Å². The van der Waals surface area contributed by atoms with Crippen LogP contribution in [0.25, 0.3) is 0 Å². The van der Waals surface area contributed by atoms with E-state index in [4.69, 9.17) is 10.5 Å². The average Bonchev–Trinajstić information content (AvgIpc) is 2.48. The van der Waals surface area contributed by atoms with Crippen LogP contribution in [0.4, 0.5) is 0 Å². The normalized spacial score (nSPS) is 42.4. The van der Waals surface area contributed by atoms with Crippen molar-refractivity contribution in [2.45, 2.75) is 64.5 Å². The van der Waals surface area contributed by atoms with Crippen LogP contribution in [0.5, 0.6) is 0 Å². The number of hydrogen-bond acceptors (Lipinski definition) is 2. The van der Waals surface area contributed by atoms with Crippen molar-refractivity contribution in [2.24, 2.45) is 17.1 Å². The summed E-state index contributed by atoms with van der Waals surface area (Å²) in [4.78, 5) is 0. The third-order valence-electron chi connectivity index (χ3n) is 4.55. The zero-order valence-electron chi connectivity index (χ0n) is 10.4. The molecule has 1 aliphatic heterocycles. The summed E-state index contributed by atoms with van der Waals surface area (Å²) in [6.45, 7) is 7.93. The average molecular weight is 211 g/mol. The largest absolute Gasteiger partial charge is 0.373 e. The number of rotatable bonds is 0. The van der Waals surface area contributed by atoms with Gasteiger partial charge in [0.25, 0.3) is 0 Å². The molecule has 15 heavy (non-hydrogen) atoms. The van der Waals surface area contributed by atoms with Crippen LogP contribution < -0.4 is 5.73 Å². The van der Waals surface area contributed by atoms with E-state index in [0.29, 0.717) is 11.5 Å². The minimum absolute atomic E-state index is 0.0573. The lowest BCUT2D eigenvalue weighted by atomic mass is 9.67. The van der Waals surface area contributed by atoms with Crippen LogP contribution >= 0.6 is 0 Å². The Bertz CT molecular complexity index is 223. The molecule has 1 heterocycles. The van der Waals surface area contributed by atoms with Gasteiger partial charge in [-0.05, 0) is 43.4 Å². The van der Waals surface area contributed by atoms with E-state index in [1.807, 2.05) is 0 Å². The van der Waals surface area contributed by atoms with E-state index < -0.39 is 0 Å². The third-order valence-corrected chi connectivity index (χ3v) is 4.55. The summed E-state index contributed by atoms with van der Waals surface area (Å²) >= 11 is 0. The molecule has 2 N–H and O–H groups in total. The molecule has 0 bridgehead atoms. The molecule has 88 valence electrons. The van der Waals surface area contributed by atoms with Crippen molar-refractivity contribution in [3.63, 3.8) is 0 Å². The third kappa shape index (κ3) is 2.07. The summed E-state index contributed by atoms with van der Waals surface area (Å²) in [5, 5.41) is 0. The summed E-state index contributed by atoms with van der Waals surface area (Å²) in [5.41, 5.74) is 6.68. The smallest absolute Gasteiger partial charge is 0.0833 e. The molecule has 0 radical (unpaired) electrons. The van der Waals surface area contributed by atoms with Crippen molar-refractivity contribution in [3.8, 4) is 0 Å². The van der Waals surface area contributed by atoms with Gasteiger partial charge in [0.05, 0.1) is 5.60 Å². The van der Waals surface area contributed by atoms with Gasteiger partial charge in [0, 0.05) is 12.6 Å². The fourth-order valence-corrected chi connectivity index (χ4v) is 3.25. The van der Waals surface area contributed by atoms with Crippen molar-refractivity contribution >= 4 is 0 Å². The zero-order chi connectivity index (χ0) is 11.1. The second kappa shape index (κ2) is 3.74. The second-order valence-corrected chi connectivity index (χ2v) is 6.45. The van der Waals surface area contributed by atoms with E-state index in [0.717, 1.165) is 18.9 Å². The molecule has 1 atom stereocenters. The Morgan fingerprint density at radius 3 is 2.13 bits per heavy atom. The lowest BCUT2D eigenvalue weighted by molar-refractivity contribution is -0.0537. The minimum atomic E-state index is 0.0573. The predicted molar refractivity (Wildman–Crippen MR) is 62.7 cm³/mol. The van der Waals surface area contributed by atoms with Gasteiger partial charge < -0.3 is 10.5 Å². The Hall–Kier alpha value is -0.0800. The molecule has 1 saturated carbocycles. The van der Waals surface area contributed by atoms with E-state index in [1.54, 1.807) is 0 Å². The molecule has 2 aliphatic rings. The van der Waals surface area contributed by atoms with Crippen LogP contribution in [0.3, 0.4) is 0 Å². The van der Waals surface area contributed by atoms with E-state index in [2.05, 4.69) is 20.8 Å². The van der Waals surface area contributed by atoms with Gasteiger partial charge in [-0.2, -0.15) is 0 Å². The number of ether oxygens (including phenoxy) is 1. The fourth-order valence-electron chi connectivity index (χ4n) is 3.25. The molecular weight excluding hydrogens is 186 g/mol. The summed E-state index contributed by atoms with van der Waals surface area (Å²) in [6.07, 6.45) is 5.99. The molecule has 2 nitrogen and oxygen atoms in total. The lowest BCUT2D eigenvalue weighted by Gasteiger charge is -2.43. The van der Waals surface area contributed by atoms with Crippen LogP contribution in [0.2, 0.25) is 0 Å². The van der Waals surface area contributed by atoms with Crippen molar-refractivity contribution in [2.75, 3.05) is 6.61 Å². The van der Waals surface area contributed by atoms with E-state index in [-0.39, 0.29) is 5.60 Å². The van der Waals surface area contributed by atoms with Crippen LogP contribution in [-0.4, -0.2) is 18.2 Å². The van der Waals surface area contributed by atoms with Crippen molar-refractivity contribution in [1.82, 2.24) is 0 Å². The zero-order valence-corrected chi connectivity index (χ0v) is 10.4. The quantitative estimate of drug-likeness (QED) is 0.668. The molecule has 1 unspecified atom stereocenters. The van der Waals surface area contributed by atoms with Gasteiger partial charge in [0.1, 0.15) is 0 Å². The van der Waals surface area contributed by atoms with Gasteiger partial charge in [0.2, 0.25) is 0 Å². The molecule has 2 heteroatoms. The molecule has 0 aromatic heterocycles. The monoisotopic (exact) mass is 211 g/mol. The highest BCUT2D eigenvalue weighted by Gasteiger charge is 2.46.